The Bertz CT molecular complexity index is 632. The third kappa shape index (κ3) is 2.21. The average molecular weight is 297 g/mol. The minimum absolute atomic E-state index is 0.223. The summed E-state index contributed by atoms with van der Waals surface area (Å²) >= 11 is 6.28. The topological polar surface area (TPSA) is 27.1 Å². The number of imidazole rings is 1. The van der Waals surface area contributed by atoms with Crippen molar-refractivity contribution in [3.8, 4) is 0 Å². The van der Waals surface area contributed by atoms with Gasteiger partial charge in [0.2, 0.25) is 0 Å². The number of alkyl halides is 1. The zero-order valence-corrected chi connectivity index (χ0v) is 12.5. The molecule has 2 unspecified atom stereocenters. The van der Waals surface area contributed by atoms with Crippen LogP contribution < -0.4 is 0 Å². The molecule has 2 heterocycles. The zero-order chi connectivity index (χ0) is 14.3. The summed E-state index contributed by atoms with van der Waals surface area (Å²) in [4.78, 5) is 4.58. The lowest BCUT2D eigenvalue weighted by atomic mass is 9.94. The first-order chi connectivity index (χ1) is 9.51. The van der Waals surface area contributed by atoms with Crippen molar-refractivity contribution in [2.24, 2.45) is 0 Å². The van der Waals surface area contributed by atoms with Crippen LogP contribution in [-0.2, 0) is 10.3 Å². The first-order valence-corrected chi connectivity index (χ1v) is 7.35. The van der Waals surface area contributed by atoms with E-state index in [0.717, 1.165) is 36.3 Å². The van der Waals surface area contributed by atoms with Gasteiger partial charge in [0.25, 0.3) is 0 Å². The molecule has 1 saturated heterocycles. The Morgan fingerprint density at radius 3 is 2.95 bits per heavy atom. The highest BCUT2D eigenvalue weighted by Gasteiger charge is 2.34. The molecule has 1 aliphatic heterocycles. The zero-order valence-electron chi connectivity index (χ0n) is 11.7. The van der Waals surface area contributed by atoms with Gasteiger partial charge in [0, 0.05) is 6.61 Å². The minimum Gasteiger partial charge on any atom is -0.379 e. The number of halogens is 2. The average Bonchev–Trinajstić information content (AvgIpc) is 2.79. The third-order valence-corrected chi connectivity index (χ3v) is 4.15. The van der Waals surface area contributed by atoms with E-state index in [-0.39, 0.29) is 16.7 Å². The number of rotatable bonds is 2. The molecule has 3 rings (SSSR count). The van der Waals surface area contributed by atoms with Crippen molar-refractivity contribution in [2.45, 2.75) is 37.6 Å². The Morgan fingerprint density at radius 2 is 2.30 bits per heavy atom. The van der Waals surface area contributed by atoms with Crippen LogP contribution in [0.25, 0.3) is 11.0 Å². The summed E-state index contributed by atoms with van der Waals surface area (Å²) in [5, 5.41) is -0.232. The highest BCUT2D eigenvalue weighted by Crippen LogP contribution is 2.35. The van der Waals surface area contributed by atoms with Crippen LogP contribution in [-0.4, -0.2) is 22.8 Å². The summed E-state index contributed by atoms with van der Waals surface area (Å²) in [6.45, 7) is 5.40. The van der Waals surface area contributed by atoms with E-state index in [1.165, 1.54) is 12.1 Å². The number of hydrogen-bond donors (Lipinski definition) is 0. The molecule has 0 amide bonds. The molecule has 1 aromatic carbocycles. The lowest BCUT2D eigenvalue weighted by Gasteiger charge is -2.37. The number of nitrogens with zero attached hydrogens (tertiary/aromatic N) is 2. The van der Waals surface area contributed by atoms with Crippen molar-refractivity contribution in [1.82, 2.24) is 9.55 Å². The third-order valence-electron chi connectivity index (χ3n) is 3.96. The van der Waals surface area contributed by atoms with Crippen LogP contribution in [0.4, 0.5) is 4.39 Å². The van der Waals surface area contributed by atoms with Crippen molar-refractivity contribution in [1.29, 1.82) is 0 Å². The van der Waals surface area contributed by atoms with E-state index < -0.39 is 0 Å². The molecule has 20 heavy (non-hydrogen) atoms. The maximum absolute atomic E-state index is 13.6. The van der Waals surface area contributed by atoms with Gasteiger partial charge in [0.1, 0.15) is 11.6 Å². The maximum atomic E-state index is 13.6. The van der Waals surface area contributed by atoms with Gasteiger partial charge in [0.15, 0.2) is 0 Å². The highest BCUT2D eigenvalue weighted by molar-refractivity contribution is 6.20. The number of fused-ring (bicyclic) bond motifs is 1. The summed E-state index contributed by atoms with van der Waals surface area (Å²) in [5.41, 5.74) is 1.35. The Kier molecular flexibility index (Phi) is 3.46. The van der Waals surface area contributed by atoms with Gasteiger partial charge in [-0.15, -0.1) is 11.6 Å². The van der Waals surface area contributed by atoms with Gasteiger partial charge in [-0.25, -0.2) is 9.37 Å². The molecule has 0 spiro atoms. The van der Waals surface area contributed by atoms with E-state index in [2.05, 4.69) is 16.5 Å². The second kappa shape index (κ2) is 5.01. The molecule has 0 bridgehead atoms. The van der Waals surface area contributed by atoms with Crippen LogP contribution in [0.2, 0.25) is 0 Å². The normalized spacial score (nSPS) is 25.0. The van der Waals surface area contributed by atoms with Crippen LogP contribution in [0.1, 0.15) is 37.9 Å². The second-order valence-electron chi connectivity index (χ2n) is 5.71. The van der Waals surface area contributed by atoms with Crippen molar-refractivity contribution >= 4 is 22.6 Å². The molecule has 1 aliphatic rings. The summed E-state index contributed by atoms with van der Waals surface area (Å²) in [5.74, 6) is 0.521. The van der Waals surface area contributed by atoms with Crippen molar-refractivity contribution in [3.63, 3.8) is 0 Å². The fraction of sp³-hybridized carbons (Fsp3) is 0.533. The van der Waals surface area contributed by atoms with Gasteiger partial charge in [-0.2, -0.15) is 0 Å². The summed E-state index contributed by atoms with van der Waals surface area (Å²) in [7, 11) is 0. The lowest BCUT2D eigenvalue weighted by Crippen LogP contribution is -2.40. The van der Waals surface area contributed by atoms with Gasteiger partial charge >= 0.3 is 0 Å². The fourth-order valence-corrected chi connectivity index (χ4v) is 3.14. The van der Waals surface area contributed by atoms with Crippen LogP contribution in [0.3, 0.4) is 0 Å². The Balaban J connectivity index is 2.25. The second-order valence-corrected chi connectivity index (χ2v) is 6.36. The Morgan fingerprint density at radius 1 is 1.50 bits per heavy atom. The van der Waals surface area contributed by atoms with Crippen LogP contribution in [0, 0.1) is 5.82 Å². The fourth-order valence-electron chi connectivity index (χ4n) is 3.00. The monoisotopic (exact) mass is 296 g/mol. The first kappa shape index (κ1) is 13.8. The molecule has 5 heteroatoms. The predicted molar refractivity (Wildman–Crippen MR) is 77.7 cm³/mol. The number of benzene rings is 1. The summed E-state index contributed by atoms with van der Waals surface area (Å²) in [6, 6.07) is 4.67. The lowest BCUT2D eigenvalue weighted by molar-refractivity contribution is 0.0101. The van der Waals surface area contributed by atoms with Gasteiger partial charge < -0.3 is 9.30 Å². The molecule has 1 fully saturated rings. The molecule has 0 saturated carbocycles. The largest absolute Gasteiger partial charge is 0.379 e. The molecular formula is C15H18ClFN2O. The van der Waals surface area contributed by atoms with Gasteiger partial charge in [-0.1, -0.05) is 0 Å². The summed E-state index contributed by atoms with van der Waals surface area (Å²) in [6.07, 6.45) is 1.97. The van der Waals surface area contributed by atoms with Gasteiger partial charge in [-0.05, 0) is 44.9 Å². The number of ether oxygens (including phenoxy) is 1. The smallest absolute Gasteiger partial charge is 0.128 e. The molecule has 108 valence electrons. The van der Waals surface area contributed by atoms with Gasteiger partial charge in [-0.3, -0.25) is 0 Å². The van der Waals surface area contributed by atoms with E-state index in [9.17, 15) is 4.39 Å². The SMILES string of the molecule is CC(Cl)c1nc2ccc(F)cc2n1C1(C)CCCOC1. The Labute approximate surface area is 122 Å². The van der Waals surface area contributed by atoms with Gasteiger partial charge in [0.05, 0.1) is 28.6 Å². The molecule has 0 N–H and O–H groups in total. The van der Waals surface area contributed by atoms with Crippen molar-refractivity contribution < 1.29 is 9.13 Å². The van der Waals surface area contributed by atoms with E-state index in [1.807, 2.05) is 6.92 Å². The van der Waals surface area contributed by atoms with E-state index in [4.69, 9.17) is 16.3 Å². The molecule has 2 atom stereocenters. The quantitative estimate of drug-likeness (QED) is 0.783. The maximum Gasteiger partial charge on any atom is 0.128 e. The highest BCUT2D eigenvalue weighted by atomic mass is 35.5. The van der Waals surface area contributed by atoms with Crippen LogP contribution in [0.15, 0.2) is 18.2 Å². The minimum atomic E-state index is -0.257. The van der Waals surface area contributed by atoms with Crippen molar-refractivity contribution in [2.75, 3.05) is 13.2 Å². The number of hydrogen-bond acceptors (Lipinski definition) is 2. The van der Waals surface area contributed by atoms with Crippen molar-refractivity contribution in [3.05, 3.63) is 29.8 Å². The summed E-state index contributed by atoms with van der Waals surface area (Å²) < 4.78 is 21.3. The van der Waals surface area contributed by atoms with E-state index >= 15 is 0 Å². The first-order valence-electron chi connectivity index (χ1n) is 6.91. The molecule has 1 aromatic heterocycles. The molecule has 0 radical (unpaired) electrons. The van der Waals surface area contributed by atoms with Crippen LogP contribution >= 0.6 is 11.6 Å². The molecule has 0 aliphatic carbocycles. The predicted octanol–water partition coefficient (Wildman–Crippen LogP) is 4.00. The van der Waals surface area contributed by atoms with E-state index in [1.54, 1.807) is 6.07 Å². The number of aromatic nitrogens is 2. The molecular weight excluding hydrogens is 279 g/mol. The van der Waals surface area contributed by atoms with E-state index in [0.29, 0.717) is 6.61 Å². The molecule has 3 nitrogen and oxygen atoms in total. The van der Waals surface area contributed by atoms with Crippen LogP contribution in [0.5, 0.6) is 0 Å². The standard InChI is InChI=1S/C15H18ClFN2O/c1-10(16)14-18-12-5-4-11(17)8-13(12)19(14)15(2)6-3-7-20-9-15/h4-5,8,10H,3,6-7,9H2,1-2H3. The molecule has 2 aromatic rings. The Hall–Kier alpha value is -1.13.